The van der Waals surface area contributed by atoms with E-state index >= 15 is 0 Å². The Morgan fingerprint density at radius 3 is 2.27 bits per heavy atom. The van der Waals surface area contributed by atoms with Crippen molar-refractivity contribution in [2.75, 3.05) is 58.9 Å². The highest BCUT2D eigenvalue weighted by Gasteiger charge is 2.30. The number of carbonyl (C=O) groups excluding carboxylic acids is 1. The number of nitrogens with one attached hydrogen (secondary N) is 1. The van der Waals surface area contributed by atoms with Crippen molar-refractivity contribution in [3.63, 3.8) is 0 Å². The van der Waals surface area contributed by atoms with Gasteiger partial charge in [0.05, 0.1) is 30.9 Å². The van der Waals surface area contributed by atoms with Crippen LogP contribution in [0.3, 0.4) is 0 Å². The molecule has 1 aliphatic rings. The van der Waals surface area contributed by atoms with Gasteiger partial charge in [0.2, 0.25) is 0 Å². The van der Waals surface area contributed by atoms with Crippen molar-refractivity contribution >= 4 is 22.8 Å². The van der Waals surface area contributed by atoms with Crippen LogP contribution in [0.1, 0.15) is 10.4 Å². The SMILES string of the molecule is COc1cc(-n2cnc3cc(-c4ccnc(N5CCN(C)CC5)c4)ccc32)cc(OC)c1C(=O)NCC(F)(F)F. The monoisotopic (exact) mass is 554 g/mol. The molecule has 0 unspecified atom stereocenters. The Balaban J connectivity index is 1.45. The second-order valence-electron chi connectivity index (χ2n) is 9.53. The fraction of sp³-hybridized carbons (Fsp3) is 0.321. The molecule has 2 aromatic carbocycles. The van der Waals surface area contributed by atoms with Gasteiger partial charge in [0.25, 0.3) is 5.91 Å². The minimum absolute atomic E-state index is 0.0701. The van der Waals surface area contributed by atoms with Gasteiger partial charge < -0.3 is 24.6 Å². The molecule has 0 bridgehead atoms. The first-order valence-corrected chi connectivity index (χ1v) is 12.6. The summed E-state index contributed by atoms with van der Waals surface area (Å²) >= 11 is 0. The number of anilines is 1. The van der Waals surface area contributed by atoms with Crippen LogP contribution < -0.4 is 19.7 Å². The summed E-state index contributed by atoms with van der Waals surface area (Å²) < 4.78 is 50.5. The van der Waals surface area contributed by atoms with Crippen LogP contribution in [0.4, 0.5) is 19.0 Å². The van der Waals surface area contributed by atoms with E-state index in [9.17, 15) is 18.0 Å². The number of benzene rings is 2. The normalized spacial score (nSPS) is 14.4. The first kappa shape index (κ1) is 27.3. The Hall–Kier alpha value is -4.32. The van der Waals surface area contributed by atoms with Gasteiger partial charge in [-0.1, -0.05) is 6.07 Å². The molecular weight excluding hydrogens is 525 g/mol. The van der Waals surface area contributed by atoms with E-state index in [0.717, 1.165) is 54.2 Å². The van der Waals surface area contributed by atoms with Crippen LogP contribution in [0.2, 0.25) is 0 Å². The zero-order valence-electron chi connectivity index (χ0n) is 22.3. The lowest BCUT2D eigenvalue weighted by Gasteiger charge is -2.33. The third-order valence-electron chi connectivity index (χ3n) is 6.90. The number of halogens is 3. The van der Waals surface area contributed by atoms with Crippen molar-refractivity contribution < 1.29 is 27.4 Å². The fourth-order valence-electron chi connectivity index (χ4n) is 4.73. The van der Waals surface area contributed by atoms with Crippen molar-refractivity contribution in [1.29, 1.82) is 0 Å². The lowest BCUT2D eigenvalue weighted by molar-refractivity contribution is -0.123. The van der Waals surface area contributed by atoms with Gasteiger partial charge in [-0.05, 0) is 42.4 Å². The summed E-state index contributed by atoms with van der Waals surface area (Å²) in [7, 11) is 4.79. The number of methoxy groups -OCH3 is 2. The highest BCUT2D eigenvalue weighted by atomic mass is 19.4. The summed E-state index contributed by atoms with van der Waals surface area (Å²) in [5.74, 6) is 0.127. The van der Waals surface area contributed by atoms with Gasteiger partial charge in [0.15, 0.2) is 0 Å². The third-order valence-corrected chi connectivity index (χ3v) is 6.90. The molecule has 1 N–H and O–H groups in total. The van der Waals surface area contributed by atoms with Gasteiger partial charge in [-0.15, -0.1) is 0 Å². The lowest BCUT2D eigenvalue weighted by atomic mass is 10.1. The zero-order chi connectivity index (χ0) is 28.4. The second-order valence-corrected chi connectivity index (χ2v) is 9.53. The number of hydrogen-bond acceptors (Lipinski definition) is 7. The second kappa shape index (κ2) is 11.0. The van der Waals surface area contributed by atoms with Crippen molar-refractivity contribution in [1.82, 2.24) is 24.8 Å². The molecule has 3 heterocycles. The van der Waals surface area contributed by atoms with Gasteiger partial charge in [-0.25, -0.2) is 9.97 Å². The van der Waals surface area contributed by atoms with E-state index in [1.165, 1.54) is 14.2 Å². The van der Waals surface area contributed by atoms with E-state index in [-0.39, 0.29) is 17.1 Å². The standard InChI is InChI=1S/C28H29F3N6O3/c1-35-8-10-36(11-9-35)25-13-19(6-7-32-25)18-4-5-22-21(12-18)34-17-37(22)20-14-23(39-2)26(24(15-20)40-3)27(38)33-16-28(29,30)31/h4-7,12-15,17H,8-11,16H2,1-3H3,(H,33,38). The number of hydrogen-bond donors (Lipinski definition) is 1. The van der Waals surface area contributed by atoms with E-state index in [4.69, 9.17) is 9.47 Å². The maximum Gasteiger partial charge on any atom is 0.405 e. The number of aromatic nitrogens is 3. The molecule has 210 valence electrons. The van der Waals surface area contributed by atoms with E-state index < -0.39 is 18.6 Å². The molecule has 0 radical (unpaired) electrons. The van der Waals surface area contributed by atoms with E-state index in [2.05, 4.69) is 32.9 Å². The number of alkyl halides is 3. The van der Waals surface area contributed by atoms with E-state index in [0.29, 0.717) is 5.69 Å². The van der Waals surface area contributed by atoms with Crippen molar-refractivity contribution in [2.45, 2.75) is 6.18 Å². The van der Waals surface area contributed by atoms with E-state index in [1.807, 2.05) is 35.8 Å². The smallest absolute Gasteiger partial charge is 0.405 e. The molecule has 0 atom stereocenters. The first-order valence-electron chi connectivity index (χ1n) is 12.6. The molecule has 0 spiro atoms. The van der Waals surface area contributed by atoms with Gasteiger partial charge in [0.1, 0.15) is 35.8 Å². The predicted octanol–water partition coefficient (Wildman–Crippen LogP) is 4.15. The topological polar surface area (TPSA) is 84.8 Å². The molecule has 0 saturated carbocycles. The number of rotatable bonds is 7. The minimum Gasteiger partial charge on any atom is -0.496 e. The number of piperazine rings is 1. The average molecular weight is 555 g/mol. The number of nitrogens with zero attached hydrogens (tertiary/aromatic N) is 5. The number of fused-ring (bicyclic) bond motifs is 1. The first-order chi connectivity index (χ1) is 19.2. The van der Waals surface area contributed by atoms with Crippen LogP contribution >= 0.6 is 0 Å². The number of likely N-dealkylation sites (N-methyl/N-ethyl adjacent to an activating group) is 1. The molecule has 0 aliphatic carbocycles. The van der Waals surface area contributed by atoms with Crippen LogP contribution in [0.25, 0.3) is 27.8 Å². The Kier molecular flexibility index (Phi) is 7.53. The Labute approximate surface area is 229 Å². The number of imidazole rings is 1. The summed E-state index contributed by atoms with van der Waals surface area (Å²) in [6.07, 6.45) is -1.10. The van der Waals surface area contributed by atoms with Gasteiger partial charge in [-0.2, -0.15) is 13.2 Å². The molecule has 4 aromatic rings. The summed E-state index contributed by atoms with van der Waals surface area (Å²) in [4.78, 5) is 26.3. The molecule has 1 amide bonds. The summed E-state index contributed by atoms with van der Waals surface area (Å²) in [6, 6.07) is 13.1. The molecule has 5 rings (SSSR count). The zero-order valence-corrected chi connectivity index (χ0v) is 22.3. The molecule has 1 aliphatic heterocycles. The van der Waals surface area contributed by atoms with Crippen LogP contribution in [0, 0.1) is 0 Å². The molecule has 1 fully saturated rings. The van der Waals surface area contributed by atoms with Crippen molar-refractivity contribution in [3.05, 3.63) is 60.6 Å². The van der Waals surface area contributed by atoms with Crippen LogP contribution in [0.15, 0.2) is 55.0 Å². The average Bonchev–Trinajstić information content (AvgIpc) is 3.38. The van der Waals surface area contributed by atoms with E-state index in [1.54, 1.807) is 23.0 Å². The molecule has 2 aromatic heterocycles. The third kappa shape index (κ3) is 5.67. The van der Waals surface area contributed by atoms with Crippen molar-refractivity contribution in [3.8, 4) is 28.3 Å². The van der Waals surface area contributed by atoms with Crippen LogP contribution in [-0.4, -0.2) is 85.5 Å². The Morgan fingerprint density at radius 1 is 0.950 bits per heavy atom. The number of pyridine rings is 1. The molecule has 9 nitrogen and oxygen atoms in total. The van der Waals surface area contributed by atoms with Crippen LogP contribution in [0.5, 0.6) is 11.5 Å². The highest BCUT2D eigenvalue weighted by Crippen LogP contribution is 2.34. The summed E-state index contributed by atoms with van der Waals surface area (Å²) in [6.45, 7) is 2.36. The van der Waals surface area contributed by atoms with Crippen molar-refractivity contribution in [2.24, 2.45) is 0 Å². The maximum atomic E-state index is 12.7. The molecular formula is C28H29F3N6O3. The minimum atomic E-state index is -4.55. The largest absolute Gasteiger partial charge is 0.496 e. The Morgan fingerprint density at radius 2 is 1.62 bits per heavy atom. The Bertz CT molecular complexity index is 1500. The molecule has 12 heteroatoms. The summed E-state index contributed by atoms with van der Waals surface area (Å²) in [5, 5.41) is 1.87. The highest BCUT2D eigenvalue weighted by molar-refractivity contribution is 6.00. The summed E-state index contributed by atoms with van der Waals surface area (Å²) in [5.41, 5.74) is 3.98. The van der Waals surface area contributed by atoms with Crippen LogP contribution in [-0.2, 0) is 0 Å². The fourth-order valence-corrected chi connectivity index (χ4v) is 4.73. The maximum absolute atomic E-state index is 12.7. The molecule has 1 saturated heterocycles. The number of amides is 1. The molecule has 40 heavy (non-hydrogen) atoms. The van der Waals surface area contributed by atoms with Gasteiger partial charge >= 0.3 is 6.18 Å². The van der Waals surface area contributed by atoms with Gasteiger partial charge in [0, 0.05) is 44.5 Å². The van der Waals surface area contributed by atoms with Gasteiger partial charge in [-0.3, -0.25) is 9.36 Å². The quantitative estimate of drug-likeness (QED) is 0.368. The lowest BCUT2D eigenvalue weighted by Crippen LogP contribution is -2.44. The predicted molar refractivity (Wildman–Crippen MR) is 146 cm³/mol. The number of carbonyl (C=O) groups is 1. The number of ether oxygens (including phenoxy) is 2.